The molecule has 8 heteroatoms. The number of hydrogen-bond acceptors (Lipinski definition) is 7. The van der Waals surface area contributed by atoms with Gasteiger partial charge in [-0.1, -0.05) is 24.8 Å². The Kier molecular flexibility index (Phi) is 7.71. The molecule has 1 rings (SSSR count). The highest BCUT2D eigenvalue weighted by Gasteiger charge is 2.32. The molecular formula is C14H22NO6P. The lowest BCUT2D eigenvalue weighted by Crippen LogP contribution is -2.26. The summed E-state index contributed by atoms with van der Waals surface area (Å²) >= 11 is 0. The number of nitrogens with zero attached hydrogens (tertiary/aromatic N) is 1. The van der Waals surface area contributed by atoms with Gasteiger partial charge in [-0.3, -0.25) is 13.6 Å². The first-order valence-corrected chi connectivity index (χ1v) is 8.38. The first-order chi connectivity index (χ1) is 11.5. The third-order valence-electron chi connectivity index (χ3n) is 2.68. The summed E-state index contributed by atoms with van der Waals surface area (Å²) in [6.07, 6.45) is 4.51. The second-order valence-electron chi connectivity index (χ2n) is 4.39. The van der Waals surface area contributed by atoms with Crippen LogP contribution in [0.3, 0.4) is 0 Å². The van der Waals surface area contributed by atoms with E-state index in [1.807, 2.05) is 6.07 Å². The van der Waals surface area contributed by atoms with E-state index < -0.39 is 26.6 Å². The maximum Gasteiger partial charge on any atom is 0.474 e. The summed E-state index contributed by atoms with van der Waals surface area (Å²) in [5, 5.41) is 13.0. The maximum atomic E-state index is 12.5. The summed E-state index contributed by atoms with van der Waals surface area (Å²) in [5.74, 6) is 0. The van der Waals surface area contributed by atoms with Crippen molar-refractivity contribution in [2.45, 2.75) is 31.5 Å². The molecule has 0 aromatic carbocycles. The Labute approximate surface area is 133 Å². The van der Waals surface area contributed by atoms with Gasteiger partial charge in [0.2, 0.25) is 1.43 Å². The number of hydrogen-bond donors (Lipinski definition) is 1. The molecular weight excluding hydrogens is 309 g/mol. The Balaban J connectivity index is 2.53. The van der Waals surface area contributed by atoms with Crippen LogP contribution in [0.5, 0.6) is 0 Å². The standard InChI is InChI=1S/C14H22NO6P/c1-2-3-4-5-9-19-22(17,20-10-6-8-15)21-12-14-13(16)7-11-18-14/h2-4,13-14,16H,1,5-7,9-12H2/b4-3+/i11T,16D. The van der Waals surface area contributed by atoms with Gasteiger partial charge in [0.1, 0.15) is 6.10 Å². The van der Waals surface area contributed by atoms with E-state index in [0.717, 1.165) is 0 Å². The van der Waals surface area contributed by atoms with Gasteiger partial charge in [-0.25, -0.2) is 4.57 Å². The number of nitriles is 1. The lowest BCUT2D eigenvalue weighted by Gasteiger charge is -2.20. The lowest BCUT2D eigenvalue weighted by atomic mass is 10.2. The van der Waals surface area contributed by atoms with Crippen molar-refractivity contribution in [2.24, 2.45) is 0 Å². The highest BCUT2D eigenvalue weighted by molar-refractivity contribution is 7.48. The molecule has 0 spiro atoms. The smallest absolute Gasteiger partial charge is 0.390 e. The van der Waals surface area contributed by atoms with Crippen molar-refractivity contribution < 1.29 is 29.4 Å². The molecule has 7 nitrogen and oxygen atoms in total. The molecule has 0 saturated carbocycles. The van der Waals surface area contributed by atoms with Gasteiger partial charge in [0.05, 0.1) is 39.8 Å². The van der Waals surface area contributed by atoms with Crippen molar-refractivity contribution in [3.63, 3.8) is 0 Å². The van der Waals surface area contributed by atoms with E-state index in [1.165, 1.54) is 0 Å². The SMILES string of the molecule is [2H]OC1CC([3H])OC1COP(=O)(OCCC#N)OCC/C=C/C=C. The number of rotatable bonds is 12. The minimum atomic E-state index is -3.88. The predicted molar refractivity (Wildman–Crippen MR) is 80.0 cm³/mol. The molecule has 1 heterocycles. The van der Waals surface area contributed by atoms with Crippen LogP contribution in [0.1, 0.15) is 20.6 Å². The zero-order valence-electron chi connectivity index (χ0n) is 14.3. The van der Waals surface area contributed by atoms with Crippen LogP contribution in [-0.2, 0) is 22.9 Å². The summed E-state index contributed by atoms with van der Waals surface area (Å²) in [4.78, 5) is 0. The topological polar surface area (TPSA) is 98.0 Å². The van der Waals surface area contributed by atoms with Crippen LogP contribution < -0.4 is 0 Å². The van der Waals surface area contributed by atoms with Crippen molar-refractivity contribution in [1.29, 1.82) is 6.69 Å². The van der Waals surface area contributed by atoms with Gasteiger partial charge in [-0.2, -0.15) is 5.26 Å². The van der Waals surface area contributed by atoms with E-state index in [9.17, 15) is 4.57 Å². The van der Waals surface area contributed by atoms with Crippen LogP contribution in [0.15, 0.2) is 24.8 Å². The fraction of sp³-hybridized carbons (Fsp3) is 0.643. The highest BCUT2D eigenvalue weighted by atomic mass is 31.2. The summed E-state index contributed by atoms with van der Waals surface area (Å²) in [6.45, 7) is 2.51. The molecule has 0 aromatic heterocycles. The van der Waals surface area contributed by atoms with Crippen molar-refractivity contribution in [2.75, 3.05) is 26.4 Å². The van der Waals surface area contributed by atoms with Crippen LogP contribution in [0.25, 0.3) is 0 Å². The minimum Gasteiger partial charge on any atom is -0.390 e. The summed E-state index contributed by atoms with van der Waals surface area (Å²) in [5.41, 5.74) is 0. The van der Waals surface area contributed by atoms with Gasteiger partial charge in [0, 0.05) is 6.58 Å². The number of phosphoric ester groups is 1. The molecule has 1 fully saturated rings. The van der Waals surface area contributed by atoms with Crippen LogP contribution in [-0.4, -0.2) is 45.2 Å². The van der Waals surface area contributed by atoms with Crippen molar-refractivity contribution in [3.8, 4) is 6.07 Å². The van der Waals surface area contributed by atoms with Crippen molar-refractivity contribution >= 4 is 7.82 Å². The Morgan fingerprint density at radius 2 is 2.41 bits per heavy atom. The minimum absolute atomic E-state index is 0.0419. The van der Waals surface area contributed by atoms with Gasteiger partial charge < -0.3 is 9.85 Å². The Hall–Kier alpha value is -1.00. The molecule has 0 bridgehead atoms. The summed E-state index contributed by atoms with van der Waals surface area (Å²) < 4.78 is 47.8. The average molecular weight is 334 g/mol. The molecule has 0 aliphatic carbocycles. The zero-order chi connectivity index (χ0) is 17.8. The summed E-state index contributed by atoms with van der Waals surface area (Å²) in [6, 6.07) is 1.87. The van der Waals surface area contributed by atoms with Crippen LogP contribution in [0.4, 0.5) is 0 Å². The maximum absolute atomic E-state index is 12.5. The monoisotopic (exact) mass is 334 g/mol. The lowest BCUT2D eigenvalue weighted by molar-refractivity contribution is -0.00298. The average Bonchev–Trinajstić information content (AvgIpc) is 2.93. The second kappa shape index (κ2) is 10.7. The molecule has 124 valence electrons. The number of ether oxygens (including phenoxy) is 1. The van der Waals surface area contributed by atoms with E-state index in [1.54, 1.807) is 18.2 Å². The Bertz CT molecular complexity index is 498. The number of phosphoric acid groups is 1. The van der Waals surface area contributed by atoms with Crippen LogP contribution in [0, 0.1) is 11.3 Å². The number of allylic oxidation sites excluding steroid dienone is 2. The molecule has 4 atom stereocenters. The molecule has 1 aliphatic heterocycles. The first kappa shape index (κ1) is 15.9. The highest BCUT2D eigenvalue weighted by Crippen LogP contribution is 2.50. The number of aliphatic hydroxyl groups excluding tert-OH is 1. The third kappa shape index (κ3) is 7.32. The Morgan fingerprint density at radius 3 is 3.14 bits per heavy atom. The van der Waals surface area contributed by atoms with Crippen LogP contribution in [0.2, 0.25) is 0 Å². The van der Waals surface area contributed by atoms with Crippen molar-refractivity contribution in [1.82, 2.24) is 0 Å². The van der Waals surface area contributed by atoms with E-state index in [0.29, 0.717) is 6.42 Å². The molecule has 0 aromatic rings. The van der Waals surface area contributed by atoms with Gasteiger partial charge >= 0.3 is 7.82 Å². The van der Waals surface area contributed by atoms with E-state index in [-0.39, 0.29) is 32.7 Å². The fourth-order valence-electron chi connectivity index (χ4n) is 1.56. The van der Waals surface area contributed by atoms with Crippen molar-refractivity contribution in [3.05, 3.63) is 24.8 Å². The quantitative estimate of drug-likeness (QED) is 0.332. The third-order valence-corrected chi connectivity index (χ3v) is 4.14. The number of aliphatic hydroxyl groups is 1. The molecule has 1 aliphatic rings. The van der Waals surface area contributed by atoms with Gasteiger partial charge in [-0.15, -0.1) is 0 Å². The predicted octanol–water partition coefficient (Wildman–Crippen LogP) is 2.34. The second-order valence-corrected chi connectivity index (χ2v) is 6.05. The first-order valence-electron chi connectivity index (χ1n) is 7.91. The van der Waals surface area contributed by atoms with E-state index in [2.05, 4.69) is 11.7 Å². The normalized spacial score (nSPS) is 28.8. The molecule has 1 saturated heterocycles. The molecule has 4 unspecified atom stereocenters. The molecule has 1 N–H and O–H groups in total. The molecule has 0 radical (unpaired) electrons. The van der Waals surface area contributed by atoms with E-state index >= 15 is 0 Å². The fourth-order valence-corrected chi connectivity index (χ4v) is 2.76. The molecule has 0 amide bonds. The molecule has 22 heavy (non-hydrogen) atoms. The largest absolute Gasteiger partial charge is 0.474 e. The van der Waals surface area contributed by atoms with Crippen LogP contribution >= 0.6 is 7.82 Å². The Morgan fingerprint density at radius 1 is 1.59 bits per heavy atom. The van der Waals surface area contributed by atoms with Gasteiger partial charge in [-0.05, 0) is 12.8 Å². The van der Waals surface area contributed by atoms with Gasteiger partial charge in [0.15, 0.2) is 0 Å². The summed E-state index contributed by atoms with van der Waals surface area (Å²) in [7, 11) is -3.88. The van der Waals surface area contributed by atoms with Gasteiger partial charge in [0.25, 0.3) is 0 Å². The zero-order valence-corrected chi connectivity index (χ0v) is 13.2. The van der Waals surface area contributed by atoms with E-state index in [4.69, 9.17) is 26.4 Å².